The molecule has 0 saturated heterocycles. The number of carbonyl (C=O) groups excluding carboxylic acids is 1. The first-order valence-corrected chi connectivity index (χ1v) is 8.99. The summed E-state index contributed by atoms with van der Waals surface area (Å²) in [5, 5.41) is 32.2. The van der Waals surface area contributed by atoms with E-state index in [1.54, 1.807) is 6.92 Å². The fourth-order valence-electron chi connectivity index (χ4n) is 5.07. The number of carbonyl (C=O) groups is 1. The van der Waals surface area contributed by atoms with Crippen molar-refractivity contribution in [2.45, 2.75) is 64.8 Å². The van der Waals surface area contributed by atoms with Crippen LogP contribution in [0.25, 0.3) is 0 Å². The lowest BCUT2D eigenvalue weighted by Gasteiger charge is -2.31. The Hall–Kier alpha value is -0.970. The molecule has 0 radical (unpaired) electrons. The first-order chi connectivity index (χ1) is 11.0. The van der Waals surface area contributed by atoms with Gasteiger partial charge in [0.15, 0.2) is 5.78 Å². The van der Waals surface area contributed by atoms with Crippen LogP contribution in [0.2, 0.25) is 0 Å². The third kappa shape index (κ3) is 2.51. The van der Waals surface area contributed by atoms with Gasteiger partial charge in [0.2, 0.25) is 0 Å². The third-order valence-electron chi connectivity index (χ3n) is 6.99. The molecule has 7 atom stereocenters. The second kappa shape index (κ2) is 5.52. The number of allylic oxidation sites excluding steroid dienone is 1. The smallest absolute Gasteiger partial charge is 0.190 e. The Morgan fingerprint density at radius 1 is 1.25 bits per heavy atom. The fraction of sp³-hybridized carbons (Fsp3) is 0.750. The number of rotatable bonds is 0. The summed E-state index contributed by atoms with van der Waals surface area (Å²) in [5.41, 5.74) is -0.334. The van der Waals surface area contributed by atoms with Crippen LogP contribution in [-0.4, -0.2) is 38.9 Å². The van der Waals surface area contributed by atoms with Crippen LogP contribution in [-0.2, 0) is 4.79 Å². The molecular formula is C20H30O4. The lowest BCUT2D eigenvalue weighted by molar-refractivity contribution is -0.139. The molecule has 3 aliphatic rings. The van der Waals surface area contributed by atoms with Crippen LogP contribution < -0.4 is 0 Å². The molecule has 0 bridgehead atoms. The lowest BCUT2D eigenvalue weighted by atomic mass is 9.78. The molecule has 0 amide bonds. The van der Waals surface area contributed by atoms with E-state index < -0.39 is 23.7 Å². The highest BCUT2D eigenvalue weighted by Crippen LogP contribution is 2.62. The summed E-state index contributed by atoms with van der Waals surface area (Å²) in [4.78, 5) is 13.0. The van der Waals surface area contributed by atoms with Crippen molar-refractivity contribution in [3.8, 4) is 0 Å². The molecule has 1 unspecified atom stereocenters. The predicted octanol–water partition coefficient (Wildman–Crippen LogP) is 2.23. The molecule has 0 spiro atoms. The Kier molecular flexibility index (Phi) is 4.10. The van der Waals surface area contributed by atoms with Gasteiger partial charge in [0.25, 0.3) is 0 Å². The minimum absolute atomic E-state index is 0.0481. The number of hydrogen-bond donors (Lipinski definition) is 3. The van der Waals surface area contributed by atoms with Gasteiger partial charge in [-0.25, -0.2) is 0 Å². The van der Waals surface area contributed by atoms with Gasteiger partial charge in [-0.05, 0) is 60.5 Å². The van der Waals surface area contributed by atoms with Crippen LogP contribution in [0.1, 0.15) is 47.0 Å². The summed E-state index contributed by atoms with van der Waals surface area (Å²) in [6, 6.07) is 0. The van der Waals surface area contributed by atoms with Crippen LogP contribution in [0, 0.1) is 29.1 Å². The Bertz CT molecular complexity index is 605. The van der Waals surface area contributed by atoms with E-state index in [-0.39, 0.29) is 35.9 Å². The van der Waals surface area contributed by atoms with Crippen molar-refractivity contribution in [1.82, 2.24) is 0 Å². The van der Waals surface area contributed by atoms with E-state index in [0.717, 1.165) is 0 Å². The van der Waals surface area contributed by atoms with Crippen molar-refractivity contribution in [3.63, 3.8) is 0 Å². The topological polar surface area (TPSA) is 77.8 Å². The number of aliphatic hydroxyl groups excluding tert-OH is 2. The molecule has 2 fully saturated rings. The first-order valence-electron chi connectivity index (χ1n) is 8.99. The van der Waals surface area contributed by atoms with Gasteiger partial charge in [-0.1, -0.05) is 33.4 Å². The van der Waals surface area contributed by atoms with Gasteiger partial charge in [-0.3, -0.25) is 4.79 Å². The molecule has 4 nitrogen and oxygen atoms in total. The Balaban J connectivity index is 2.03. The maximum Gasteiger partial charge on any atom is 0.190 e. The Morgan fingerprint density at radius 3 is 2.50 bits per heavy atom. The van der Waals surface area contributed by atoms with Crippen LogP contribution in [0.4, 0.5) is 0 Å². The van der Waals surface area contributed by atoms with Crippen molar-refractivity contribution in [3.05, 3.63) is 23.8 Å². The normalized spacial score (nSPS) is 50.4. The highest BCUT2D eigenvalue weighted by Gasteiger charge is 2.59. The minimum atomic E-state index is -1.57. The van der Waals surface area contributed by atoms with E-state index >= 15 is 0 Å². The SMILES string of the molecule is C=C1CC2[C@@H](O)[C@@H](C)C[C@]2(O)C(=O)/C(C)=C\[C@@H]2[C@H](C[C@H]1O)C2(C)C. The van der Waals surface area contributed by atoms with Gasteiger partial charge in [-0.2, -0.15) is 0 Å². The van der Waals surface area contributed by atoms with E-state index in [9.17, 15) is 20.1 Å². The summed E-state index contributed by atoms with van der Waals surface area (Å²) in [7, 11) is 0. The molecule has 0 aromatic rings. The zero-order chi connectivity index (χ0) is 18.0. The maximum atomic E-state index is 13.0. The van der Waals surface area contributed by atoms with E-state index in [4.69, 9.17) is 0 Å². The largest absolute Gasteiger partial charge is 0.392 e. The number of Topliss-reactive ketones (excluding diaryl/α,β-unsaturated/α-hetero) is 1. The third-order valence-corrected chi connectivity index (χ3v) is 6.99. The molecule has 2 saturated carbocycles. The van der Waals surface area contributed by atoms with Gasteiger partial charge in [0.05, 0.1) is 12.2 Å². The van der Waals surface area contributed by atoms with Crippen molar-refractivity contribution >= 4 is 5.78 Å². The number of fused-ring (bicyclic) bond motifs is 2. The van der Waals surface area contributed by atoms with Gasteiger partial charge < -0.3 is 15.3 Å². The average molecular weight is 334 g/mol. The number of hydrogen-bond acceptors (Lipinski definition) is 4. The Labute approximate surface area is 144 Å². The molecule has 3 aliphatic carbocycles. The van der Waals surface area contributed by atoms with Crippen LogP contribution in [0.5, 0.6) is 0 Å². The van der Waals surface area contributed by atoms with Gasteiger partial charge in [0, 0.05) is 5.92 Å². The van der Waals surface area contributed by atoms with Gasteiger partial charge in [-0.15, -0.1) is 0 Å². The van der Waals surface area contributed by atoms with Gasteiger partial charge >= 0.3 is 0 Å². The summed E-state index contributed by atoms with van der Waals surface area (Å²) in [5.74, 6) is -0.500. The second-order valence-corrected chi connectivity index (χ2v) is 8.95. The molecular weight excluding hydrogens is 304 g/mol. The molecule has 0 heterocycles. The zero-order valence-corrected chi connectivity index (χ0v) is 15.1. The maximum absolute atomic E-state index is 13.0. The molecule has 24 heavy (non-hydrogen) atoms. The molecule has 3 N–H and O–H groups in total. The monoisotopic (exact) mass is 334 g/mol. The standard InChI is InChI=1S/C20H30O4/c1-10-6-15-17(22)12(3)9-20(15,24)18(23)11(2)7-13-14(8-16(10)21)19(13,4)5/h7,12-17,21-22,24H,1,6,8-9H2,2-5H3/b11-7-/t12-,13+,14-,15?,16+,17-,20+/m0/s1. The summed E-state index contributed by atoms with van der Waals surface area (Å²) < 4.78 is 0. The summed E-state index contributed by atoms with van der Waals surface area (Å²) in [6.07, 6.45) is 1.70. The fourth-order valence-corrected chi connectivity index (χ4v) is 5.07. The second-order valence-electron chi connectivity index (χ2n) is 8.95. The van der Waals surface area contributed by atoms with E-state index in [1.165, 1.54) is 0 Å². The van der Waals surface area contributed by atoms with Crippen molar-refractivity contribution in [1.29, 1.82) is 0 Å². The average Bonchev–Trinajstić information content (AvgIpc) is 2.91. The molecule has 3 rings (SSSR count). The molecule has 0 aromatic carbocycles. The first kappa shape index (κ1) is 17.8. The van der Waals surface area contributed by atoms with E-state index in [1.807, 2.05) is 13.0 Å². The van der Waals surface area contributed by atoms with Crippen LogP contribution >= 0.6 is 0 Å². The number of ketones is 1. The Morgan fingerprint density at radius 2 is 1.88 bits per heavy atom. The van der Waals surface area contributed by atoms with Crippen LogP contribution in [0.15, 0.2) is 23.8 Å². The minimum Gasteiger partial charge on any atom is -0.392 e. The van der Waals surface area contributed by atoms with Gasteiger partial charge in [0.1, 0.15) is 5.60 Å². The van der Waals surface area contributed by atoms with Crippen molar-refractivity contribution < 1.29 is 20.1 Å². The van der Waals surface area contributed by atoms with E-state index in [2.05, 4.69) is 20.4 Å². The number of aliphatic hydroxyl groups is 3. The summed E-state index contributed by atoms with van der Waals surface area (Å²) in [6.45, 7) is 11.9. The quantitative estimate of drug-likeness (QED) is 0.594. The summed E-state index contributed by atoms with van der Waals surface area (Å²) >= 11 is 0. The predicted molar refractivity (Wildman–Crippen MR) is 92.1 cm³/mol. The highest BCUT2D eigenvalue weighted by molar-refractivity contribution is 6.02. The molecule has 0 aliphatic heterocycles. The van der Waals surface area contributed by atoms with Crippen molar-refractivity contribution in [2.75, 3.05) is 0 Å². The lowest BCUT2D eigenvalue weighted by Crippen LogP contribution is -2.45. The highest BCUT2D eigenvalue weighted by atomic mass is 16.3. The molecule has 0 aromatic heterocycles. The molecule has 4 heteroatoms. The van der Waals surface area contributed by atoms with Crippen molar-refractivity contribution in [2.24, 2.45) is 29.1 Å². The van der Waals surface area contributed by atoms with Crippen LogP contribution in [0.3, 0.4) is 0 Å². The zero-order valence-electron chi connectivity index (χ0n) is 15.1. The van der Waals surface area contributed by atoms with E-state index in [0.29, 0.717) is 23.5 Å². The molecule has 134 valence electrons.